The molecule has 0 unspecified atom stereocenters. The third kappa shape index (κ3) is 7.10. The molecular formula is C24H23Cl3N2O4S. The van der Waals surface area contributed by atoms with Crippen LogP contribution >= 0.6 is 34.8 Å². The van der Waals surface area contributed by atoms with E-state index in [0.29, 0.717) is 33.6 Å². The first-order valence-electron chi connectivity index (χ1n) is 10.3. The van der Waals surface area contributed by atoms with E-state index in [4.69, 9.17) is 39.5 Å². The first-order chi connectivity index (χ1) is 16.2. The summed E-state index contributed by atoms with van der Waals surface area (Å²) in [7, 11) is -2.42. The molecule has 0 spiro atoms. The highest BCUT2D eigenvalue weighted by Gasteiger charge is 2.27. The normalized spacial score (nSPS) is 11.4. The Kier molecular flexibility index (Phi) is 9.22. The van der Waals surface area contributed by atoms with Gasteiger partial charge in [0.25, 0.3) is 0 Å². The van der Waals surface area contributed by atoms with Crippen LogP contribution in [0.15, 0.2) is 71.6 Å². The molecule has 0 aromatic heterocycles. The molecule has 0 aliphatic rings. The van der Waals surface area contributed by atoms with Crippen LogP contribution in [-0.4, -0.2) is 38.8 Å². The quantitative estimate of drug-likeness (QED) is 0.383. The average Bonchev–Trinajstić information content (AvgIpc) is 2.81. The van der Waals surface area contributed by atoms with E-state index in [1.165, 1.54) is 30.3 Å². The second-order valence-electron chi connectivity index (χ2n) is 7.41. The number of rotatable bonds is 10. The highest BCUT2D eigenvalue weighted by molar-refractivity contribution is 7.89. The Morgan fingerprint density at radius 2 is 1.59 bits per heavy atom. The molecule has 1 amide bonds. The molecule has 10 heteroatoms. The zero-order chi connectivity index (χ0) is 24.7. The fourth-order valence-electron chi connectivity index (χ4n) is 3.18. The van der Waals surface area contributed by atoms with Crippen molar-refractivity contribution in [3.05, 3.63) is 92.9 Å². The molecule has 0 aliphatic carbocycles. The summed E-state index contributed by atoms with van der Waals surface area (Å²) in [5, 5.41) is 3.92. The molecule has 34 heavy (non-hydrogen) atoms. The number of nitrogens with zero attached hydrogens (tertiary/aromatic N) is 1. The molecule has 180 valence electrons. The van der Waals surface area contributed by atoms with Crippen LogP contribution in [-0.2, 0) is 27.8 Å². The standard InChI is InChI=1S/C24H23Cl3N2O4S/c1-33-21-8-2-17(3-9-21)12-13-28-24(30)16-29(15-18-4-5-20(26)14-23(18)27)34(31,32)22-10-6-19(25)7-11-22/h2-11,14H,12-13,15-16H2,1H3,(H,28,30). The van der Waals surface area contributed by atoms with Crippen LogP contribution in [0.1, 0.15) is 11.1 Å². The van der Waals surface area contributed by atoms with Crippen molar-refractivity contribution in [2.75, 3.05) is 20.2 Å². The summed E-state index contributed by atoms with van der Waals surface area (Å²) < 4.78 is 32.9. The number of methoxy groups -OCH3 is 1. The van der Waals surface area contributed by atoms with Crippen LogP contribution in [0.3, 0.4) is 0 Å². The van der Waals surface area contributed by atoms with Crippen LogP contribution in [0.2, 0.25) is 15.1 Å². The Morgan fingerprint density at radius 1 is 0.941 bits per heavy atom. The lowest BCUT2D eigenvalue weighted by molar-refractivity contribution is -0.121. The van der Waals surface area contributed by atoms with Gasteiger partial charge in [0.05, 0.1) is 18.6 Å². The minimum Gasteiger partial charge on any atom is -0.497 e. The number of amides is 1. The van der Waals surface area contributed by atoms with Crippen LogP contribution in [0, 0.1) is 0 Å². The van der Waals surface area contributed by atoms with Gasteiger partial charge in [0, 0.05) is 28.2 Å². The smallest absolute Gasteiger partial charge is 0.243 e. The van der Waals surface area contributed by atoms with E-state index in [2.05, 4.69) is 5.32 Å². The van der Waals surface area contributed by atoms with Gasteiger partial charge in [0.15, 0.2) is 0 Å². The highest BCUT2D eigenvalue weighted by atomic mass is 35.5. The lowest BCUT2D eigenvalue weighted by atomic mass is 10.1. The van der Waals surface area contributed by atoms with Crippen molar-refractivity contribution in [2.45, 2.75) is 17.9 Å². The van der Waals surface area contributed by atoms with Gasteiger partial charge in [0.1, 0.15) is 5.75 Å². The van der Waals surface area contributed by atoms with Crippen LogP contribution in [0.4, 0.5) is 0 Å². The fraction of sp³-hybridized carbons (Fsp3) is 0.208. The molecule has 3 rings (SSSR count). The van der Waals surface area contributed by atoms with Gasteiger partial charge < -0.3 is 10.1 Å². The van der Waals surface area contributed by atoms with E-state index in [-0.39, 0.29) is 18.0 Å². The minimum atomic E-state index is -4.01. The van der Waals surface area contributed by atoms with Crippen molar-refractivity contribution < 1.29 is 17.9 Å². The third-order valence-electron chi connectivity index (χ3n) is 5.03. The van der Waals surface area contributed by atoms with E-state index >= 15 is 0 Å². The molecule has 3 aromatic carbocycles. The number of ether oxygens (including phenoxy) is 1. The van der Waals surface area contributed by atoms with Crippen molar-refractivity contribution in [1.29, 1.82) is 0 Å². The summed E-state index contributed by atoms with van der Waals surface area (Å²) in [5.41, 5.74) is 1.54. The summed E-state index contributed by atoms with van der Waals surface area (Å²) in [4.78, 5) is 12.7. The second-order valence-corrected chi connectivity index (χ2v) is 10.6. The zero-order valence-electron chi connectivity index (χ0n) is 18.3. The molecule has 0 atom stereocenters. The lowest BCUT2D eigenvalue weighted by Gasteiger charge is -2.22. The summed E-state index contributed by atoms with van der Waals surface area (Å²) in [6.07, 6.45) is 0.586. The Hall–Kier alpha value is -2.29. The number of benzene rings is 3. The van der Waals surface area contributed by atoms with Gasteiger partial charge in [-0.05, 0) is 66.1 Å². The van der Waals surface area contributed by atoms with E-state index in [0.717, 1.165) is 15.6 Å². The highest BCUT2D eigenvalue weighted by Crippen LogP contribution is 2.25. The summed E-state index contributed by atoms with van der Waals surface area (Å²) in [6, 6.07) is 18.0. The molecule has 1 N–H and O–H groups in total. The Balaban J connectivity index is 1.74. The van der Waals surface area contributed by atoms with Crippen LogP contribution < -0.4 is 10.1 Å². The first-order valence-corrected chi connectivity index (χ1v) is 12.9. The number of carbonyl (C=O) groups is 1. The molecule has 6 nitrogen and oxygen atoms in total. The molecule has 0 heterocycles. The van der Waals surface area contributed by atoms with Gasteiger partial charge >= 0.3 is 0 Å². The number of halogens is 3. The molecule has 0 saturated heterocycles. The third-order valence-corrected chi connectivity index (χ3v) is 7.67. The largest absolute Gasteiger partial charge is 0.497 e. The van der Waals surface area contributed by atoms with Crippen molar-refractivity contribution in [3.8, 4) is 5.75 Å². The Morgan fingerprint density at radius 3 is 2.21 bits per heavy atom. The van der Waals surface area contributed by atoms with Crippen molar-refractivity contribution in [1.82, 2.24) is 9.62 Å². The zero-order valence-corrected chi connectivity index (χ0v) is 21.4. The van der Waals surface area contributed by atoms with Crippen molar-refractivity contribution in [3.63, 3.8) is 0 Å². The minimum absolute atomic E-state index is 0.0213. The van der Waals surface area contributed by atoms with Gasteiger partial charge in [-0.25, -0.2) is 8.42 Å². The SMILES string of the molecule is COc1ccc(CCNC(=O)CN(Cc2ccc(Cl)cc2Cl)S(=O)(=O)c2ccc(Cl)cc2)cc1. The summed E-state index contributed by atoms with van der Waals surface area (Å²) >= 11 is 18.1. The fourth-order valence-corrected chi connectivity index (χ4v) is 5.14. The van der Waals surface area contributed by atoms with Gasteiger partial charge in [0.2, 0.25) is 15.9 Å². The van der Waals surface area contributed by atoms with Gasteiger partial charge in [-0.1, -0.05) is 53.0 Å². The predicted molar refractivity (Wildman–Crippen MR) is 135 cm³/mol. The molecule has 0 bridgehead atoms. The molecule has 0 saturated carbocycles. The van der Waals surface area contributed by atoms with Crippen molar-refractivity contribution in [2.24, 2.45) is 0 Å². The predicted octanol–water partition coefficient (Wildman–Crippen LogP) is 5.21. The second kappa shape index (κ2) is 11.9. The Bertz CT molecular complexity index is 1230. The van der Waals surface area contributed by atoms with Gasteiger partial charge in [-0.15, -0.1) is 0 Å². The molecular weight excluding hydrogens is 519 g/mol. The number of hydrogen-bond donors (Lipinski definition) is 1. The van der Waals surface area contributed by atoms with Crippen LogP contribution in [0.25, 0.3) is 0 Å². The average molecular weight is 542 g/mol. The maximum absolute atomic E-state index is 13.3. The number of carbonyl (C=O) groups excluding carboxylic acids is 1. The van der Waals surface area contributed by atoms with Crippen molar-refractivity contribution >= 4 is 50.7 Å². The molecule has 0 fully saturated rings. The first kappa shape index (κ1) is 26.3. The van der Waals surface area contributed by atoms with Crippen LogP contribution in [0.5, 0.6) is 5.75 Å². The van der Waals surface area contributed by atoms with E-state index in [1.54, 1.807) is 19.2 Å². The van der Waals surface area contributed by atoms with E-state index in [1.807, 2.05) is 24.3 Å². The lowest BCUT2D eigenvalue weighted by Crippen LogP contribution is -2.40. The van der Waals surface area contributed by atoms with Gasteiger partial charge in [-0.2, -0.15) is 4.31 Å². The van der Waals surface area contributed by atoms with E-state index in [9.17, 15) is 13.2 Å². The maximum Gasteiger partial charge on any atom is 0.243 e. The van der Waals surface area contributed by atoms with E-state index < -0.39 is 15.9 Å². The molecule has 3 aromatic rings. The Labute approximate surface area is 214 Å². The maximum atomic E-state index is 13.3. The monoisotopic (exact) mass is 540 g/mol. The number of nitrogens with one attached hydrogen (secondary N) is 1. The topological polar surface area (TPSA) is 75.7 Å². The van der Waals surface area contributed by atoms with Gasteiger partial charge in [-0.3, -0.25) is 4.79 Å². The number of hydrogen-bond acceptors (Lipinski definition) is 4. The number of sulfonamides is 1. The molecule has 0 aliphatic heterocycles. The summed E-state index contributed by atoms with van der Waals surface area (Å²) in [6.45, 7) is -0.138. The molecule has 0 radical (unpaired) electrons. The summed E-state index contributed by atoms with van der Waals surface area (Å²) in [5.74, 6) is 0.313.